The van der Waals surface area contributed by atoms with Crippen molar-refractivity contribution < 1.29 is 10.2 Å². The van der Waals surface area contributed by atoms with Crippen LogP contribution in [-0.4, -0.2) is 0 Å². The van der Waals surface area contributed by atoms with Gasteiger partial charge in [-0.15, -0.1) is 0 Å². The molecule has 1 aliphatic rings. The van der Waals surface area contributed by atoms with Gasteiger partial charge in [0.25, 0.3) is 0 Å². The fraction of sp³-hybridized carbons (Fsp3) is 0.280. The van der Waals surface area contributed by atoms with E-state index in [1.165, 1.54) is 18.9 Å². The Kier molecular flexibility index (Phi) is 5.50. The number of halogens is 3. The second kappa shape index (κ2) is 8.05. The molecule has 0 saturated heterocycles. The van der Waals surface area contributed by atoms with Crippen molar-refractivity contribution in [1.82, 2.24) is 0 Å². The van der Waals surface area contributed by atoms with Gasteiger partial charge in [-0.2, -0.15) is 0 Å². The van der Waals surface area contributed by atoms with Crippen molar-refractivity contribution in [1.29, 1.82) is 0 Å². The molecule has 0 radical (unpaired) electrons. The van der Waals surface area contributed by atoms with Crippen molar-refractivity contribution in [2.24, 2.45) is 5.92 Å². The molecule has 0 atom stereocenters. The molecule has 4 rings (SSSR count). The Morgan fingerprint density at radius 2 is 1.32 bits per heavy atom. The zero-order chi connectivity index (χ0) is 19.7. The summed E-state index contributed by atoms with van der Waals surface area (Å²) in [5.41, 5.74) is 3.28. The van der Waals surface area contributed by atoms with Crippen LogP contribution in [0, 0.1) is 17.6 Å². The van der Waals surface area contributed by atoms with Crippen LogP contribution in [0.3, 0.4) is 0 Å². The Hall–Kier alpha value is -2.19. The third-order valence-corrected chi connectivity index (χ3v) is 6.17. The highest BCUT2D eigenvalue weighted by atomic mass is 35.5. The van der Waals surface area contributed by atoms with Crippen LogP contribution >= 0.6 is 11.6 Å². The molecule has 3 aromatic rings. The summed E-state index contributed by atoms with van der Waals surface area (Å²) in [7, 11) is 0. The molecule has 0 spiro atoms. The lowest BCUT2D eigenvalue weighted by atomic mass is 9.79. The summed E-state index contributed by atoms with van der Waals surface area (Å²) in [5, 5.41) is 0.607. The first kappa shape index (κ1) is 19.1. The highest BCUT2D eigenvalue weighted by Crippen LogP contribution is 2.37. The van der Waals surface area contributed by atoms with Crippen molar-refractivity contribution in [3.63, 3.8) is 0 Å². The van der Waals surface area contributed by atoms with Crippen LogP contribution in [0.4, 0.5) is 8.78 Å². The third kappa shape index (κ3) is 3.98. The molecule has 3 heteroatoms. The van der Waals surface area contributed by atoms with Crippen LogP contribution in [0.1, 0.15) is 45.5 Å². The van der Waals surface area contributed by atoms with Gasteiger partial charge in [0, 0.05) is 17.6 Å². The molecule has 146 valence electrons. The van der Waals surface area contributed by atoms with Crippen molar-refractivity contribution in [3.05, 3.63) is 82.9 Å². The van der Waals surface area contributed by atoms with Crippen LogP contribution in [-0.2, 0) is 0 Å². The van der Waals surface area contributed by atoms with Gasteiger partial charge in [0.1, 0.15) is 11.6 Å². The van der Waals surface area contributed by atoms with Crippen LogP contribution in [0.2, 0.25) is 5.02 Å². The van der Waals surface area contributed by atoms with E-state index in [9.17, 15) is 8.78 Å². The number of rotatable bonds is 3. The Bertz CT molecular complexity index is 977. The van der Waals surface area contributed by atoms with Gasteiger partial charge in [-0.1, -0.05) is 67.8 Å². The average Bonchev–Trinajstić information content (AvgIpc) is 2.69. The average molecular weight is 399 g/mol. The Balaban J connectivity index is 0.00000240. The van der Waals surface area contributed by atoms with Gasteiger partial charge in [-0.3, -0.25) is 0 Å². The zero-order valence-corrected chi connectivity index (χ0v) is 16.6. The molecule has 0 aromatic heterocycles. The molecule has 28 heavy (non-hydrogen) atoms. The molecule has 0 unspecified atom stereocenters. The Morgan fingerprint density at radius 3 is 1.96 bits per heavy atom. The number of benzene rings is 3. The maximum absolute atomic E-state index is 14.8. The summed E-state index contributed by atoms with van der Waals surface area (Å²) in [6.45, 7) is 2.28. The van der Waals surface area contributed by atoms with E-state index in [1.807, 2.05) is 6.07 Å². The lowest BCUT2D eigenvalue weighted by Crippen LogP contribution is -2.11. The molecular formula is C25H25ClF2. The van der Waals surface area contributed by atoms with E-state index in [1.54, 1.807) is 48.5 Å². The van der Waals surface area contributed by atoms with Crippen LogP contribution in [0.25, 0.3) is 22.3 Å². The first-order chi connectivity index (χ1) is 13.5. The van der Waals surface area contributed by atoms with Crippen LogP contribution in [0.15, 0.2) is 60.7 Å². The molecule has 3 aromatic carbocycles. The van der Waals surface area contributed by atoms with Gasteiger partial charge in [0.05, 0.1) is 0 Å². The van der Waals surface area contributed by atoms with E-state index in [0.29, 0.717) is 27.6 Å². The van der Waals surface area contributed by atoms with Gasteiger partial charge in [0.2, 0.25) is 0 Å². The van der Waals surface area contributed by atoms with Crippen LogP contribution < -0.4 is 0 Å². The number of hydrogen-bond donors (Lipinski definition) is 0. The summed E-state index contributed by atoms with van der Waals surface area (Å²) < 4.78 is 29.5. The van der Waals surface area contributed by atoms with E-state index in [-0.39, 0.29) is 13.1 Å². The second-order valence-electron chi connectivity index (χ2n) is 7.90. The standard InChI is InChI=1S/C25H23ClF2.H2/c1-16-2-4-17(5-3-16)19-8-12-23(24(27)14-19)20-9-13-22(25(28)15-20)18-6-10-21(26)11-7-18;/h6-17H,2-5H2,1H3;1H. The maximum atomic E-state index is 14.8. The first-order valence-corrected chi connectivity index (χ1v) is 10.2. The summed E-state index contributed by atoms with van der Waals surface area (Å²) in [5.74, 6) is 0.547. The zero-order valence-electron chi connectivity index (χ0n) is 15.9. The van der Waals surface area contributed by atoms with E-state index in [2.05, 4.69) is 6.92 Å². The molecule has 0 N–H and O–H groups in total. The fourth-order valence-corrected chi connectivity index (χ4v) is 4.29. The molecule has 0 amide bonds. The fourth-order valence-electron chi connectivity index (χ4n) is 4.16. The predicted molar refractivity (Wildman–Crippen MR) is 115 cm³/mol. The summed E-state index contributed by atoms with van der Waals surface area (Å²) >= 11 is 5.90. The Morgan fingerprint density at radius 1 is 0.750 bits per heavy atom. The van der Waals surface area contributed by atoms with E-state index in [4.69, 9.17) is 11.6 Å². The molecule has 1 saturated carbocycles. The summed E-state index contributed by atoms with van der Waals surface area (Å²) in [6, 6.07) is 17.3. The van der Waals surface area contributed by atoms with E-state index in [0.717, 1.165) is 29.9 Å². The normalized spacial score (nSPS) is 19.6. The van der Waals surface area contributed by atoms with Crippen molar-refractivity contribution in [2.45, 2.75) is 38.5 Å². The largest absolute Gasteiger partial charge is 0.206 e. The SMILES string of the molecule is CC1CCC(c2ccc(-c3ccc(-c4ccc(Cl)cc4)c(F)c3)c(F)c2)CC1.[HH]. The molecule has 0 aliphatic heterocycles. The highest BCUT2D eigenvalue weighted by Gasteiger charge is 2.21. The molecule has 1 fully saturated rings. The first-order valence-electron chi connectivity index (χ1n) is 9.86. The minimum absolute atomic E-state index is 0. The molecule has 0 bridgehead atoms. The van der Waals surface area contributed by atoms with Crippen molar-refractivity contribution in [2.75, 3.05) is 0 Å². The van der Waals surface area contributed by atoms with Gasteiger partial charge in [-0.25, -0.2) is 8.78 Å². The second-order valence-corrected chi connectivity index (χ2v) is 8.33. The molecule has 0 nitrogen and oxygen atoms in total. The van der Waals surface area contributed by atoms with Gasteiger partial charge in [0.15, 0.2) is 0 Å². The third-order valence-electron chi connectivity index (χ3n) is 5.92. The van der Waals surface area contributed by atoms with Crippen molar-refractivity contribution in [3.8, 4) is 22.3 Å². The number of hydrogen-bond acceptors (Lipinski definition) is 0. The monoisotopic (exact) mass is 398 g/mol. The summed E-state index contributed by atoms with van der Waals surface area (Å²) in [6.07, 6.45) is 4.63. The molecular weight excluding hydrogens is 374 g/mol. The van der Waals surface area contributed by atoms with Gasteiger partial charge >= 0.3 is 0 Å². The highest BCUT2D eigenvalue weighted by molar-refractivity contribution is 6.30. The van der Waals surface area contributed by atoms with E-state index >= 15 is 0 Å². The summed E-state index contributed by atoms with van der Waals surface area (Å²) in [4.78, 5) is 0. The Labute approximate surface area is 171 Å². The van der Waals surface area contributed by atoms with Crippen LogP contribution in [0.5, 0.6) is 0 Å². The minimum atomic E-state index is -0.371. The molecule has 0 heterocycles. The topological polar surface area (TPSA) is 0 Å². The maximum Gasteiger partial charge on any atom is 0.131 e. The predicted octanol–water partition coefficient (Wildman–Crippen LogP) is 8.49. The molecule has 1 aliphatic carbocycles. The van der Waals surface area contributed by atoms with Gasteiger partial charge in [-0.05, 0) is 65.6 Å². The quantitative estimate of drug-likeness (QED) is 0.414. The van der Waals surface area contributed by atoms with Gasteiger partial charge < -0.3 is 0 Å². The van der Waals surface area contributed by atoms with Crippen molar-refractivity contribution >= 4 is 11.6 Å². The lowest BCUT2D eigenvalue weighted by Gasteiger charge is -2.26. The van der Waals surface area contributed by atoms with E-state index < -0.39 is 0 Å². The lowest BCUT2D eigenvalue weighted by molar-refractivity contribution is 0.347. The minimum Gasteiger partial charge on any atom is -0.206 e. The smallest absolute Gasteiger partial charge is 0.131 e.